The number of hydrogen-bond donors (Lipinski definition) is 1. The molecule has 3 aromatic rings. The second-order valence-corrected chi connectivity index (χ2v) is 9.18. The lowest BCUT2D eigenvalue weighted by Gasteiger charge is -2.37. The highest BCUT2D eigenvalue weighted by Crippen LogP contribution is 2.36. The molecular weight excluding hydrogens is 476 g/mol. The van der Waals surface area contributed by atoms with Crippen molar-refractivity contribution in [3.63, 3.8) is 0 Å². The number of rotatable bonds is 3. The van der Waals surface area contributed by atoms with E-state index < -0.39 is 0 Å². The number of anilines is 2. The number of hydrogen-bond acceptors (Lipinski definition) is 6. The van der Waals surface area contributed by atoms with E-state index in [1.54, 1.807) is 0 Å². The Bertz CT molecular complexity index is 1170. The molecule has 1 fully saturated rings. The summed E-state index contributed by atoms with van der Waals surface area (Å²) in [4.78, 5) is 13.9. The van der Waals surface area contributed by atoms with E-state index in [1.165, 1.54) is 22.0 Å². The molecule has 0 spiro atoms. The van der Waals surface area contributed by atoms with E-state index in [2.05, 4.69) is 83.5 Å². The van der Waals surface area contributed by atoms with Crippen molar-refractivity contribution in [1.29, 1.82) is 5.26 Å². The lowest BCUT2D eigenvalue weighted by Crippen LogP contribution is -2.51. The van der Waals surface area contributed by atoms with Crippen LogP contribution in [0, 0.1) is 11.3 Å². The topological polar surface area (TPSA) is 68.1 Å². The summed E-state index contributed by atoms with van der Waals surface area (Å²) < 4.78 is 1.09. The SMILES string of the molecule is N#CC[C@H]1CN(c2nc(Cl)nc3c2CCN(c2cccc4cccc(Br)c24)C3)CCN1. The molecule has 0 aliphatic carbocycles. The second kappa shape index (κ2) is 8.62. The van der Waals surface area contributed by atoms with Gasteiger partial charge in [0.25, 0.3) is 0 Å². The molecule has 8 heteroatoms. The van der Waals surface area contributed by atoms with E-state index in [9.17, 15) is 0 Å². The molecule has 158 valence electrons. The van der Waals surface area contributed by atoms with Crippen molar-refractivity contribution in [1.82, 2.24) is 15.3 Å². The van der Waals surface area contributed by atoms with Gasteiger partial charge in [-0.3, -0.25) is 0 Å². The summed E-state index contributed by atoms with van der Waals surface area (Å²) in [6, 6.07) is 15.1. The molecule has 5 rings (SSSR count). The maximum absolute atomic E-state index is 9.08. The van der Waals surface area contributed by atoms with E-state index in [0.717, 1.165) is 48.6 Å². The Morgan fingerprint density at radius 2 is 2.00 bits per heavy atom. The summed E-state index contributed by atoms with van der Waals surface area (Å²) in [6.45, 7) is 4.02. The van der Waals surface area contributed by atoms with Crippen LogP contribution in [0.4, 0.5) is 11.5 Å². The molecule has 2 aliphatic rings. The summed E-state index contributed by atoms with van der Waals surface area (Å²) in [5.74, 6) is 0.929. The molecule has 2 aliphatic heterocycles. The molecule has 31 heavy (non-hydrogen) atoms. The lowest BCUT2D eigenvalue weighted by atomic mass is 10.0. The molecule has 2 aromatic carbocycles. The zero-order valence-electron chi connectivity index (χ0n) is 17.0. The summed E-state index contributed by atoms with van der Waals surface area (Å²) in [7, 11) is 0. The summed E-state index contributed by atoms with van der Waals surface area (Å²) in [6.07, 6.45) is 1.34. The van der Waals surface area contributed by atoms with Crippen LogP contribution in [0.15, 0.2) is 40.9 Å². The van der Waals surface area contributed by atoms with Gasteiger partial charge in [0.05, 0.1) is 24.7 Å². The monoisotopic (exact) mass is 496 g/mol. The number of piperazine rings is 1. The van der Waals surface area contributed by atoms with Crippen LogP contribution in [-0.4, -0.2) is 42.2 Å². The van der Waals surface area contributed by atoms with E-state index in [-0.39, 0.29) is 11.3 Å². The Kier molecular flexibility index (Phi) is 5.70. The number of halogens is 2. The molecule has 6 nitrogen and oxygen atoms in total. The zero-order valence-corrected chi connectivity index (χ0v) is 19.3. The minimum absolute atomic E-state index is 0.149. The van der Waals surface area contributed by atoms with Crippen LogP contribution in [0.1, 0.15) is 17.7 Å². The third kappa shape index (κ3) is 3.96. The Labute approximate surface area is 195 Å². The zero-order chi connectivity index (χ0) is 21.4. The van der Waals surface area contributed by atoms with Crippen molar-refractivity contribution < 1.29 is 0 Å². The quantitative estimate of drug-likeness (QED) is 0.544. The van der Waals surface area contributed by atoms with E-state index >= 15 is 0 Å². The van der Waals surface area contributed by atoms with Gasteiger partial charge in [-0.25, -0.2) is 9.97 Å². The number of nitrogens with one attached hydrogen (secondary N) is 1. The first kappa shape index (κ1) is 20.5. The summed E-state index contributed by atoms with van der Waals surface area (Å²) >= 11 is 10.1. The smallest absolute Gasteiger partial charge is 0.224 e. The number of nitriles is 1. The van der Waals surface area contributed by atoms with E-state index in [4.69, 9.17) is 16.9 Å². The first-order valence-corrected chi connectivity index (χ1v) is 11.6. The van der Waals surface area contributed by atoms with Gasteiger partial charge >= 0.3 is 0 Å². The van der Waals surface area contributed by atoms with Crippen LogP contribution in [-0.2, 0) is 13.0 Å². The minimum atomic E-state index is 0.149. The van der Waals surface area contributed by atoms with Crippen LogP contribution >= 0.6 is 27.5 Å². The normalized spacial score (nSPS) is 18.7. The van der Waals surface area contributed by atoms with Crippen molar-refractivity contribution in [3.8, 4) is 6.07 Å². The fraction of sp³-hybridized carbons (Fsp3) is 0.348. The summed E-state index contributed by atoms with van der Waals surface area (Å²) in [5, 5.41) is 15.2. The maximum Gasteiger partial charge on any atom is 0.224 e. The minimum Gasteiger partial charge on any atom is -0.365 e. The van der Waals surface area contributed by atoms with Gasteiger partial charge in [-0.1, -0.05) is 40.2 Å². The standard InChI is InChI=1S/C23H22BrClN6/c24-18-5-1-3-15-4-2-6-20(21(15)18)30-11-8-17-19(14-30)28-23(25)29-22(17)31-12-10-27-16(13-31)7-9-26/h1-6,16,27H,7-8,10-14H2/t16-/m0/s1. The largest absolute Gasteiger partial charge is 0.365 e. The molecule has 0 radical (unpaired) electrons. The number of nitrogens with zero attached hydrogens (tertiary/aromatic N) is 5. The van der Waals surface area contributed by atoms with Crippen molar-refractivity contribution in [2.75, 3.05) is 36.0 Å². The van der Waals surface area contributed by atoms with Gasteiger partial charge in [0.15, 0.2) is 0 Å². The van der Waals surface area contributed by atoms with Crippen molar-refractivity contribution in [3.05, 3.63) is 57.4 Å². The third-order valence-corrected chi connectivity index (χ3v) is 6.91. The van der Waals surface area contributed by atoms with Gasteiger partial charge in [-0.05, 0) is 35.5 Å². The van der Waals surface area contributed by atoms with E-state index in [0.29, 0.717) is 13.0 Å². The second-order valence-electron chi connectivity index (χ2n) is 7.99. The average molecular weight is 498 g/mol. The highest BCUT2D eigenvalue weighted by Gasteiger charge is 2.28. The Hall–Kier alpha value is -2.40. The van der Waals surface area contributed by atoms with E-state index in [1.807, 2.05) is 0 Å². The predicted octanol–water partition coefficient (Wildman–Crippen LogP) is 4.30. The average Bonchev–Trinajstić information content (AvgIpc) is 2.78. The summed E-state index contributed by atoms with van der Waals surface area (Å²) in [5.41, 5.74) is 3.36. The van der Waals surface area contributed by atoms with Gasteiger partial charge < -0.3 is 15.1 Å². The Morgan fingerprint density at radius 3 is 2.84 bits per heavy atom. The van der Waals surface area contributed by atoms with Crippen molar-refractivity contribution >= 4 is 49.8 Å². The van der Waals surface area contributed by atoms with Crippen LogP contribution in [0.25, 0.3) is 10.8 Å². The van der Waals surface area contributed by atoms with Gasteiger partial charge in [0.1, 0.15) is 5.82 Å². The first-order valence-electron chi connectivity index (χ1n) is 10.5. The molecule has 0 bridgehead atoms. The van der Waals surface area contributed by atoms with Crippen LogP contribution in [0.2, 0.25) is 5.28 Å². The molecule has 1 aromatic heterocycles. The fourth-order valence-corrected chi connectivity index (χ4v) is 5.42. The number of benzene rings is 2. The lowest BCUT2D eigenvalue weighted by molar-refractivity contribution is 0.459. The molecule has 1 saturated heterocycles. The molecule has 0 saturated carbocycles. The molecule has 3 heterocycles. The van der Waals surface area contributed by atoms with Gasteiger partial charge in [0.2, 0.25) is 5.28 Å². The number of fused-ring (bicyclic) bond motifs is 2. The Morgan fingerprint density at radius 1 is 1.16 bits per heavy atom. The Balaban J connectivity index is 1.49. The van der Waals surface area contributed by atoms with Crippen LogP contribution in [0.3, 0.4) is 0 Å². The van der Waals surface area contributed by atoms with Gasteiger partial charge in [-0.2, -0.15) is 5.26 Å². The van der Waals surface area contributed by atoms with Crippen molar-refractivity contribution in [2.45, 2.75) is 25.4 Å². The molecule has 0 unspecified atom stereocenters. The van der Waals surface area contributed by atoms with Crippen LogP contribution in [0.5, 0.6) is 0 Å². The van der Waals surface area contributed by atoms with Crippen molar-refractivity contribution in [2.24, 2.45) is 0 Å². The highest BCUT2D eigenvalue weighted by molar-refractivity contribution is 9.10. The van der Waals surface area contributed by atoms with Crippen LogP contribution < -0.4 is 15.1 Å². The molecule has 1 N–H and O–H groups in total. The maximum atomic E-state index is 9.08. The fourth-order valence-electron chi connectivity index (χ4n) is 4.65. The van der Waals surface area contributed by atoms with Gasteiger partial charge in [0, 0.05) is 53.3 Å². The third-order valence-electron chi connectivity index (χ3n) is 6.08. The highest BCUT2D eigenvalue weighted by atomic mass is 79.9. The molecule has 1 atom stereocenters. The number of aromatic nitrogens is 2. The molecule has 0 amide bonds. The predicted molar refractivity (Wildman–Crippen MR) is 128 cm³/mol. The van der Waals surface area contributed by atoms with Gasteiger partial charge in [-0.15, -0.1) is 0 Å². The molecular formula is C23H22BrClN6. The first-order chi connectivity index (χ1) is 15.1.